The molecular formula is C14H9Cl2N3O2. The first kappa shape index (κ1) is 13.9. The molecule has 2 heterocycles. The second-order valence-electron chi connectivity index (χ2n) is 4.27. The first-order valence-electron chi connectivity index (χ1n) is 5.99. The summed E-state index contributed by atoms with van der Waals surface area (Å²) < 4.78 is 6.59. The van der Waals surface area contributed by atoms with Crippen molar-refractivity contribution in [2.45, 2.75) is 0 Å². The molecular weight excluding hydrogens is 313 g/mol. The minimum absolute atomic E-state index is 0.243. The molecule has 0 saturated carbocycles. The number of ether oxygens (including phenoxy) is 1. The molecule has 0 unspecified atom stereocenters. The summed E-state index contributed by atoms with van der Waals surface area (Å²) in [6.45, 7) is 0. The summed E-state index contributed by atoms with van der Waals surface area (Å²) in [5.74, 6) is 0.0327. The van der Waals surface area contributed by atoms with Crippen LogP contribution in [-0.2, 0) is 0 Å². The maximum absolute atomic E-state index is 12.6. The van der Waals surface area contributed by atoms with Crippen molar-refractivity contribution in [1.29, 1.82) is 0 Å². The Labute approximate surface area is 130 Å². The number of carbonyl (C=O) groups is 1. The third-order valence-corrected chi connectivity index (χ3v) is 3.56. The van der Waals surface area contributed by atoms with Gasteiger partial charge in [-0.1, -0.05) is 34.5 Å². The van der Waals surface area contributed by atoms with Crippen LogP contribution < -0.4 is 4.74 Å². The molecule has 3 aromatic rings. The van der Waals surface area contributed by atoms with Gasteiger partial charge in [-0.25, -0.2) is 4.52 Å². The molecule has 5 nitrogen and oxygen atoms in total. The number of hydrogen-bond donors (Lipinski definition) is 0. The van der Waals surface area contributed by atoms with Crippen molar-refractivity contribution >= 4 is 34.5 Å². The van der Waals surface area contributed by atoms with Crippen LogP contribution in [-0.4, -0.2) is 27.7 Å². The summed E-state index contributed by atoms with van der Waals surface area (Å²) >= 11 is 12.1. The summed E-state index contributed by atoms with van der Waals surface area (Å²) in [6, 6.07) is 8.38. The van der Waals surface area contributed by atoms with Gasteiger partial charge in [0.1, 0.15) is 0 Å². The fourth-order valence-corrected chi connectivity index (χ4v) is 2.67. The monoisotopic (exact) mass is 321 g/mol. The lowest BCUT2D eigenvalue weighted by Crippen LogP contribution is -2.03. The molecule has 0 fully saturated rings. The lowest BCUT2D eigenvalue weighted by Gasteiger charge is -2.07. The Hall–Kier alpha value is -2.11. The van der Waals surface area contributed by atoms with Gasteiger partial charge in [0.05, 0.1) is 22.7 Å². The Kier molecular flexibility index (Phi) is 3.53. The molecule has 1 aromatic carbocycles. The lowest BCUT2D eigenvalue weighted by atomic mass is 10.1. The van der Waals surface area contributed by atoms with Gasteiger partial charge in [-0.3, -0.25) is 4.79 Å². The molecule has 0 atom stereocenters. The van der Waals surface area contributed by atoms with E-state index in [-0.39, 0.29) is 21.5 Å². The number of fused-ring (bicyclic) bond motifs is 1. The third-order valence-electron chi connectivity index (χ3n) is 3.00. The molecule has 0 aliphatic heterocycles. The molecule has 106 valence electrons. The van der Waals surface area contributed by atoms with E-state index in [1.165, 1.54) is 23.8 Å². The van der Waals surface area contributed by atoms with Crippen molar-refractivity contribution in [2.24, 2.45) is 0 Å². The smallest absolute Gasteiger partial charge is 0.215 e. The number of halogens is 2. The van der Waals surface area contributed by atoms with Gasteiger partial charge in [0.25, 0.3) is 0 Å². The number of carbonyl (C=O) groups excluding carboxylic acids is 1. The maximum Gasteiger partial charge on any atom is 0.215 e. The van der Waals surface area contributed by atoms with Crippen LogP contribution in [0.5, 0.6) is 5.75 Å². The minimum atomic E-state index is -0.303. The fraction of sp³-hybridized carbons (Fsp3) is 0.0714. The molecule has 0 saturated heterocycles. The summed E-state index contributed by atoms with van der Waals surface area (Å²) in [7, 11) is 1.46. The van der Waals surface area contributed by atoms with Gasteiger partial charge < -0.3 is 4.74 Å². The predicted molar refractivity (Wildman–Crippen MR) is 79.4 cm³/mol. The van der Waals surface area contributed by atoms with Gasteiger partial charge in [0, 0.05) is 11.8 Å². The van der Waals surface area contributed by atoms with E-state index in [1.807, 2.05) is 6.07 Å². The number of pyridine rings is 1. The number of nitrogens with zero attached hydrogens (tertiary/aromatic N) is 3. The highest BCUT2D eigenvalue weighted by molar-refractivity contribution is 6.38. The highest BCUT2D eigenvalue weighted by Crippen LogP contribution is 2.34. The van der Waals surface area contributed by atoms with Crippen LogP contribution in [0.15, 0.2) is 36.5 Å². The average Bonchev–Trinajstić information content (AvgIpc) is 2.90. The Morgan fingerprint density at radius 2 is 1.95 bits per heavy atom. The normalized spacial score (nSPS) is 10.8. The standard InChI is InChI=1S/C14H9Cl2N3O2/c1-21-14-9(15)6-8(7-10(14)16)13(20)12-11-4-2-3-5-19(11)18-17-12/h2-7H,1H3. The number of rotatable bonds is 3. The largest absolute Gasteiger partial charge is 0.494 e. The quantitative estimate of drug-likeness (QED) is 0.695. The predicted octanol–water partition coefficient (Wildman–Crippen LogP) is 3.28. The van der Waals surface area contributed by atoms with Gasteiger partial charge >= 0.3 is 0 Å². The van der Waals surface area contributed by atoms with E-state index >= 15 is 0 Å². The van der Waals surface area contributed by atoms with E-state index in [0.29, 0.717) is 16.8 Å². The van der Waals surface area contributed by atoms with Crippen LogP contribution in [0.1, 0.15) is 16.1 Å². The van der Waals surface area contributed by atoms with Gasteiger partial charge in [-0.2, -0.15) is 0 Å². The van der Waals surface area contributed by atoms with Gasteiger partial charge in [0.15, 0.2) is 11.4 Å². The van der Waals surface area contributed by atoms with E-state index in [1.54, 1.807) is 18.3 Å². The number of hydrogen-bond acceptors (Lipinski definition) is 4. The molecule has 0 spiro atoms. The van der Waals surface area contributed by atoms with Crippen LogP contribution in [0.25, 0.3) is 5.52 Å². The van der Waals surface area contributed by atoms with Crippen molar-refractivity contribution in [3.05, 3.63) is 57.8 Å². The molecule has 2 aromatic heterocycles. The molecule has 0 aliphatic rings. The summed E-state index contributed by atoms with van der Waals surface area (Å²) in [4.78, 5) is 12.6. The molecule has 0 radical (unpaired) electrons. The van der Waals surface area contributed by atoms with Gasteiger partial charge in [0.2, 0.25) is 5.78 Å². The van der Waals surface area contributed by atoms with Crippen LogP contribution in [0.3, 0.4) is 0 Å². The van der Waals surface area contributed by atoms with E-state index in [9.17, 15) is 4.79 Å². The molecule has 7 heteroatoms. The molecule has 21 heavy (non-hydrogen) atoms. The Morgan fingerprint density at radius 1 is 1.24 bits per heavy atom. The number of ketones is 1. The highest BCUT2D eigenvalue weighted by atomic mass is 35.5. The average molecular weight is 322 g/mol. The minimum Gasteiger partial charge on any atom is -0.494 e. The Morgan fingerprint density at radius 3 is 2.62 bits per heavy atom. The zero-order valence-electron chi connectivity index (χ0n) is 10.9. The van der Waals surface area contributed by atoms with Crippen LogP contribution in [0, 0.1) is 0 Å². The maximum atomic E-state index is 12.6. The Balaban J connectivity index is 2.10. The van der Waals surface area contributed by atoms with Crippen LogP contribution in [0.4, 0.5) is 0 Å². The number of aromatic nitrogens is 3. The first-order valence-corrected chi connectivity index (χ1v) is 6.75. The van der Waals surface area contributed by atoms with Crippen molar-refractivity contribution < 1.29 is 9.53 Å². The van der Waals surface area contributed by atoms with E-state index in [0.717, 1.165) is 0 Å². The van der Waals surface area contributed by atoms with E-state index < -0.39 is 0 Å². The van der Waals surface area contributed by atoms with Crippen LogP contribution >= 0.6 is 23.2 Å². The fourth-order valence-electron chi connectivity index (χ4n) is 2.03. The lowest BCUT2D eigenvalue weighted by molar-refractivity contribution is 0.103. The summed E-state index contributed by atoms with van der Waals surface area (Å²) in [5.41, 5.74) is 1.19. The first-order chi connectivity index (χ1) is 10.1. The highest BCUT2D eigenvalue weighted by Gasteiger charge is 2.19. The van der Waals surface area contributed by atoms with E-state index in [4.69, 9.17) is 27.9 Å². The summed E-state index contributed by atoms with van der Waals surface area (Å²) in [5, 5.41) is 8.36. The molecule has 0 N–H and O–H groups in total. The van der Waals surface area contributed by atoms with Crippen molar-refractivity contribution in [3.8, 4) is 5.75 Å². The molecule has 0 amide bonds. The second-order valence-corrected chi connectivity index (χ2v) is 5.09. The molecule has 0 aliphatic carbocycles. The number of benzene rings is 1. The topological polar surface area (TPSA) is 56.5 Å². The second kappa shape index (κ2) is 5.35. The van der Waals surface area contributed by atoms with Crippen LogP contribution in [0.2, 0.25) is 10.0 Å². The summed E-state index contributed by atoms with van der Waals surface area (Å²) in [6.07, 6.45) is 1.72. The zero-order chi connectivity index (χ0) is 15.0. The van der Waals surface area contributed by atoms with E-state index in [2.05, 4.69) is 10.3 Å². The van der Waals surface area contributed by atoms with Crippen molar-refractivity contribution in [1.82, 2.24) is 14.8 Å². The van der Waals surface area contributed by atoms with Crippen molar-refractivity contribution in [2.75, 3.05) is 7.11 Å². The number of methoxy groups -OCH3 is 1. The zero-order valence-corrected chi connectivity index (χ0v) is 12.4. The van der Waals surface area contributed by atoms with Gasteiger partial charge in [-0.05, 0) is 24.3 Å². The molecule has 0 bridgehead atoms. The molecule has 3 rings (SSSR count). The third kappa shape index (κ3) is 2.34. The Bertz CT molecular complexity index is 822. The SMILES string of the molecule is COc1c(Cl)cc(C(=O)c2nnn3ccccc23)cc1Cl. The van der Waals surface area contributed by atoms with Crippen molar-refractivity contribution in [3.63, 3.8) is 0 Å². The van der Waals surface area contributed by atoms with Gasteiger partial charge in [-0.15, -0.1) is 5.10 Å².